The number of halogens is 1. The lowest BCUT2D eigenvalue weighted by Gasteiger charge is -1.98. The third-order valence-corrected chi connectivity index (χ3v) is 3.44. The van der Waals surface area contributed by atoms with Crippen LogP contribution in [0.5, 0.6) is 0 Å². The van der Waals surface area contributed by atoms with Gasteiger partial charge in [-0.1, -0.05) is 0 Å². The van der Waals surface area contributed by atoms with E-state index in [0.717, 1.165) is 31.3 Å². The predicted octanol–water partition coefficient (Wildman–Crippen LogP) is 3.33. The Morgan fingerprint density at radius 1 is 1.53 bits per heavy atom. The van der Waals surface area contributed by atoms with Crippen molar-refractivity contribution >= 4 is 28.6 Å². The van der Waals surface area contributed by atoms with Gasteiger partial charge < -0.3 is 4.74 Å². The summed E-state index contributed by atoms with van der Waals surface area (Å²) in [5, 5.41) is 0. The molecule has 0 aromatic heterocycles. The highest BCUT2D eigenvalue weighted by Crippen LogP contribution is 2.30. The van der Waals surface area contributed by atoms with Crippen LogP contribution in [-0.4, -0.2) is 5.97 Å². The van der Waals surface area contributed by atoms with Gasteiger partial charge >= 0.3 is 5.97 Å². The molecular weight excluding hydrogens is 303 g/mol. The van der Waals surface area contributed by atoms with E-state index in [4.69, 9.17) is 11.2 Å². The fourth-order valence-corrected chi connectivity index (χ4v) is 1.66. The van der Waals surface area contributed by atoms with Gasteiger partial charge in [0.05, 0.1) is 0 Å². The molecule has 0 bridgehead atoms. The van der Waals surface area contributed by atoms with Crippen molar-refractivity contribution in [1.82, 2.24) is 0 Å². The average molecular weight is 316 g/mol. The minimum absolute atomic E-state index is 0.233. The fraction of sp³-hybridized carbons (Fsp3) is 0.417. The Labute approximate surface area is 104 Å². The number of hydrogen-bond acceptors (Lipinski definition) is 2. The number of esters is 1. The lowest BCUT2D eigenvalue weighted by Crippen LogP contribution is -1.93. The van der Waals surface area contributed by atoms with Crippen molar-refractivity contribution in [3.05, 3.63) is 21.0 Å². The second kappa shape index (κ2) is 5.96. The van der Waals surface area contributed by atoms with Crippen molar-refractivity contribution in [3.63, 3.8) is 0 Å². The molecule has 2 nitrogen and oxygen atoms in total. The normalized spacial score (nSPS) is 18.2. The second-order valence-electron chi connectivity index (χ2n) is 3.35. The summed E-state index contributed by atoms with van der Waals surface area (Å²) in [5.74, 6) is 3.08. The number of carbonyl (C=O) groups excluding carboxylic acids is 1. The van der Waals surface area contributed by atoms with Crippen LogP contribution in [0.3, 0.4) is 0 Å². The molecular formula is C12H13IO2. The third kappa shape index (κ3) is 3.38. The summed E-state index contributed by atoms with van der Waals surface area (Å²) in [6.07, 6.45) is 10.9. The summed E-state index contributed by atoms with van der Waals surface area (Å²) in [7, 11) is 0. The molecule has 3 heteroatoms. The van der Waals surface area contributed by atoms with E-state index in [1.807, 2.05) is 35.6 Å². The van der Waals surface area contributed by atoms with Crippen LogP contribution in [0.4, 0.5) is 0 Å². The molecule has 1 aliphatic heterocycles. The number of hydrogen-bond donors (Lipinski definition) is 0. The van der Waals surface area contributed by atoms with E-state index in [2.05, 4.69) is 5.92 Å². The molecule has 0 fully saturated rings. The van der Waals surface area contributed by atoms with Gasteiger partial charge in [-0.25, -0.2) is 4.79 Å². The van der Waals surface area contributed by atoms with Crippen molar-refractivity contribution in [2.24, 2.45) is 0 Å². The van der Waals surface area contributed by atoms with Crippen LogP contribution in [0.15, 0.2) is 21.0 Å². The van der Waals surface area contributed by atoms with Crippen LogP contribution in [0.1, 0.15) is 32.6 Å². The van der Waals surface area contributed by atoms with Gasteiger partial charge in [-0.2, -0.15) is 0 Å². The molecule has 1 heterocycles. The smallest absolute Gasteiger partial charge is 0.350 e. The van der Waals surface area contributed by atoms with Gasteiger partial charge in [0, 0.05) is 12.0 Å². The standard InChI is InChI=1S/C12H13IO2/c1-3-4-5-6-7-8-10-9(2)11(13)12(14)15-10/h1,8H,4-7H2,2H3/b10-8-. The van der Waals surface area contributed by atoms with Crippen LogP contribution < -0.4 is 0 Å². The molecule has 0 amide bonds. The first-order chi connectivity index (χ1) is 7.16. The molecule has 0 aliphatic carbocycles. The van der Waals surface area contributed by atoms with E-state index in [-0.39, 0.29) is 5.97 Å². The summed E-state index contributed by atoms with van der Waals surface area (Å²) in [4.78, 5) is 11.2. The van der Waals surface area contributed by atoms with E-state index in [1.165, 1.54) is 0 Å². The first-order valence-corrected chi connectivity index (χ1v) is 5.97. The van der Waals surface area contributed by atoms with Crippen LogP contribution in [0, 0.1) is 12.3 Å². The summed E-state index contributed by atoms with van der Waals surface area (Å²) >= 11 is 2.01. The molecule has 1 aliphatic rings. The highest BCUT2D eigenvalue weighted by Gasteiger charge is 2.23. The first-order valence-electron chi connectivity index (χ1n) is 4.89. The Morgan fingerprint density at radius 3 is 2.80 bits per heavy atom. The number of cyclic esters (lactones) is 1. The zero-order valence-corrected chi connectivity index (χ0v) is 10.8. The molecule has 0 N–H and O–H groups in total. The van der Waals surface area contributed by atoms with Crippen LogP contribution in [-0.2, 0) is 9.53 Å². The van der Waals surface area contributed by atoms with Crippen LogP contribution in [0.25, 0.3) is 0 Å². The Kier molecular flexibility index (Phi) is 4.89. The van der Waals surface area contributed by atoms with Gasteiger partial charge in [0.2, 0.25) is 0 Å². The molecule has 0 radical (unpaired) electrons. The summed E-state index contributed by atoms with van der Waals surface area (Å²) in [5.41, 5.74) is 0.942. The Hall–Kier alpha value is -0.760. The predicted molar refractivity (Wildman–Crippen MR) is 68.2 cm³/mol. The van der Waals surface area contributed by atoms with E-state index in [9.17, 15) is 4.79 Å². The van der Waals surface area contributed by atoms with Crippen molar-refractivity contribution in [2.75, 3.05) is 0 Å². The lowest BCUT2D eigenvalue weighted by atomic mass is 10.1. The molecule has 0 saturated heterocycles. The van der Waals surface area contributed by atoms with Gasteiger partial charge in [-0.05, 0) is 54.9 Å². The number of unbranched alkanes of at least 4 members (excludes halogenated alkanes) is 3. The van der Waals surface area contributed by atoms with Gasteiger partial charge in [0.25, 0.3) is 0 Å². The molecule has 0 aromatic carbocycles. The van der Waals surface area contributed by atoms with Crippen LogP contribution >= 0.6 is 22.6 Å². The Morgan fingerprint density at radius 2 is 2.27 bits per heavy atom. The SMILES string of the molecule is C#CCCCC/C=C1\OC(=O)C(I)=C1C. The number of rotatable bonds is 4. The zero-order valence-electron chi connectivity index (χ0n) is 8.68. The molecule has 0 aromatic rings. The number of ether oxygens (including phenoxy) is 1. The number of terminal acetylenes is 1. The maximum atomic E-state index is 11.2. The van der Waals surface area contributed by atoms with Gasteiger partial charge in [-0.15, -0.1) is 12.3 Å². The third-order valence-electron chi connectivity index (χ3n) is 2.19. The Bertz CT molecular complexity index is 358. The monoisotopic (exact) mass is 316 g/mol. The summed E-state index contributed by atoms with van der Waals surface area (Å²) < 4.78 is 5.78. The largest absolute Gasteiger partial charge is 0.423 e. The highest BCUT2D eigenvalue weighted by molar-refractivity contribution is 14.1. The molecule has 0 atom stereocenters. The summed E-state index contributed by atoms with van der Waals surface area (Å²) in [6, 6.07) is 0. The van der Waals surface area contributed by atoms with Gasteiger partial charge in [-0.3, -0.25) is 0 Å². The zero-order chi connectivity index (χ0) is 11.3. The van der Waals surface area contributed by atoms with Crippen molar-refractivity contribution in [3.8, 4) is 12.3 Å². The molecule has 1 rings (SSSR count). The maximum Gasteiger partial charge on any atom is 0.350 e. The Balaban J connectivity index is 2.43. The summed E-state index contributed by atoms with van der Waals surface area (Å²) in [6.45, 7) is 1.90. The average Bonchev–Trinajstić information content (AvgIpc) is 2.46. The van der Waals surface area contributed by atoms with E-state index in [1.54, 1.807) is 0 Å². The van der Waals surface area contributed by atoms with Crippen molar-refractivity contribution < 1.29 is 9.53 Å². The van der Waals surface area contributed by atoms with Crippen LogP contribution in [0.2, 0.25) is 0 Å². The molecule has 0 unspecified atom stereocenters. The van der Waals surface area contributed by atoms with Crippen molar-refractivity contribution in [1.29, 1.82) is 0 Å². The molecule has 0 spiro atoms. The molecule has 80 valence electrons. The van der Waals surface area contributed by atoms with E-state index in [0.29, 0.717) is 9.34 Å². The van der Waals surface area contributed by atoms with E-state index >= 15 is 0 Å². The molecule has 0 saturated carbocycles. The fourth-order valence-electron chi connectivity index (χ4n) is 1.28. The van der Waals surface area contributed by atoms with Crippen molar-refractivity contribution in [2.45, 2.75) is 32.6 Å². The van der Waals surface area contributed by atoms with Gasteiger partial charge in [0.1, 0.15) is 9.34 Å². The maximum absolute atomic E-state index is 11.2. The number of carbonyl (C=O) groups is 1. The van der Waals surface area contributed by atoms with Gasteiger partial charge in [0.15, 0.2) is 0 Å². The second-order valence-corrected chi connectivity index (χ2v) is 4.43. The first kappa shape index (κ1) is 12.3. The number of allylic oxidation sites excluding steroid dienone is 2. The minimum atomic E-state index is -0.233. The topological polar surface area (TPSA) is 26.3 Å². The lowest BCUT2D eigenvalue weighted by molar-refractivity contribution is -0.132. The highest BCUT2D eigenvalue weighted by atomic mass is 127. The quantitative estimate of drug-likeness (QED) is 0.344. The molecule has 15 heavy (non-hydrogen) atoms. The van der Waals surface area contributed by atoms with E-state index < -0.39 is 0 Å². The minimum Gasteiger partial charge on any atom is -0.423 e.